The van der Waals surface area contributed by atoms with Crippen LogP contribution >= 0.6 is 0 Å². The zero-order valence-corrected chi connectivity index (χ0v) is 9.15. The Morgan fingerprint density at radius 2 is 2.00 bits per heavy atom. The van der Waals surface area contributed by atoms with Crippen molar-refractivity contribution in [1.29, 1.82) is 0 Å². The number of nitrogens with one attached hydrogen (secondary N) is 1. The summed E-state index contributed by atoms with van der Waals surface area (Å²) in [5.41, 5.74) is 7.31. The number of rotatable bonds is 3. The molecular weight excluding hydrogens is 184 g/mol. The first-order chi connectivity index (χ1) is 7.34. The minimum Gasteiger partial charge on any atom is -0.328 e. The van der Waals surface area contributed by atoms with Crippen molar-refractivity contribution in [3.05, 3.63) is 35.9 Å². The molecule has 1 aliphatic rings. The van der Waals surface area contributed by atoms with Crippen LogP contribution in [0, 0.1) is 0 Å². The second kappa shape index (κ2) is 5.29. The predicted octanol–water partition coefficient (Wildman–Crippen LogP) is 2.05. The Morgan fingerprint density at radius 1 is 1.20 bits per heavy atom. The lowest BCUT2D eigenvalue weighted by Gasteiger charge is -2.27. The third-order valence-electron chi connectivity index (χ3n) is 3.15. The van der Waals surface area contributed by atoms with Crippen molar-refractivity contribution in [2.24, 2.45) is 5.73 Å². The van der Waals surface area contributed by atoms with Crippen LogP contribution in [0.25, 0.3) is 0 Å². The maximum absolute atomic E-state index is 5.95. The van der Waals surface area contributed by atoms with Gasteiger partial charge >= 0.3 is 0 Å². The summed E-state index contributed by atoms with van der Waals surface area (Å²) in [6.45, 7) is 0.970. The molecule has 0 aromatic heterocycles. The van der Waals surface area contributed by atoms with Gasteiger partial charge in [0.15, 0.2) is 0 Å². The lowest BCUT2D eigenvalue weighted by atomic mass is 9.91. The highest BCUT2D eigenvalue weighted by Crippen LogP contribution is 2.17. The zero-order valence-electron chi connectivity index (χ0n) is 9.15. The van der Waals surface area contributed by atoms with Gasteiger partial charge in [0.2, 0.25) is 0 Å². The summed E-state index contributed by atoms with van der Waals surface area (Å²) in [5, 5.41) is 3.59. The van der Waals surface area contributed by atoms with Crippen molar-refractivity contribution in [2.45, 2.75) is 44.3 Å². The summed E-state index contributed by atoms with van der Waals surface area (Å²) in [4.78, 5) is 0. The Kier molecular flexibility index (Phi) is 3.75. The maximum Gasteiger partial charge on any atom is 0.0208 e. The summed E-state index contributed by atoms with van der Waals surface area (Å²) < 4.78 is 0. The largest absolute Gasteiger partial charge is 0.328 e. The molecule has 1 aromatic carbocycles. The SMILES string of the molecule is N[C@@H]1CCC[C@H](NCc2ccccc2)C1. The quantitative estimate of drug-likeness (QED) is 0.790. The smallest absolute Gasteiger partial charge is 0.0208 e. The average molecular weight is 204 g/mol. The van der Waals surface area contributed by atoms with Crippen molar-refractivity contribution in [3.63, 3.8) is 0 Å². The second-order valence-electron chi connectivity index (χ2n) is 4.49. The molecule has 0 spiro atoms. The number of hydrogen-bond donors (Lipinski definition) is 2. The predicted molar refractivity (Wildman–Crippen MR) is 63.5 cm³/mol. The van der Waals surface area contributed by atoms with Gasteiger partial charge in [0, 0.05) is 18.6 Å². The fourth-order valence-corrected chi connectivity index (χ4v) is 2.27. The van der Waals surface area contributed by atoms with E-state index in [9.17, 15) is 0 Å². The van der Waals surface area contributed by atoms with E-state index < -0.39 is 0 Å². The molecule has 3 N–H and O–H groups in total. The van der Waals surface area contributed by atoms with E-state index >= 15 is 0 Å². The maximum atomic E-state index is 5.95. The highest BCUT2D eigenvalue weighted by molar-refractivity contribution is 5.14. The molecule has 82 valence electrons. The molecule has 2 heteroatoms. The van der Waals surface area contributed by atoms with E-state index in [1.807, 2.05) is 0 Å². The molecule has 0 radical (unpaired) electrons. The lowest BCUT2D eigenvalue weighted by Crippen LogP contribution is -2.39. The van der Waals surface area contributed by atoms with Crippen molar-refractivity contribution >= 4 is 0 Å². The topological polar surface area (TPSA) is 38.0 Å². The van der Waals surface area contributed by atoms with Crippen LogP contribution in [0.15, 0.2) is 30.3 Å². The summed E-state index contributed by atoms with van der Waals surface area (Å²) in [7, 11) is 0. The monoisotopic (exact) mass is 204 g/mol. The molecule has 0 bridgehead atoms. The van der Waals surface area contributed by atoms with Gasteiger partial charge in [-0.3, -0.25) is 0 Å². The van der Waals surface area contributed by atoms with Crippen LogP contribution in [0.1, 0.15) is 31.2 Å². The van der Waals surface area contributed by atoms with Crippen LogP contribution in [0.4, 0.5) is 0 Å². The van der Waals surface area contributed by atoms with Crippen LogP contribution in [-0.4, -0.2) is 12.1 Å². The first-order valence-electron chi connectivity index (χ1n) is 5.87. The fraction of sp³-hybridized carbons (Fsp3) is 0.538. The van der Waals surface area contributed by atoms with Gasteiger partial charge in [-0.05, 0) is 24.8 Å². The molecular formula is C13H20N2. The van der Waals surface area contributed by atoms with Gasteiger partial charge in [0.25, 0.3) is 0 Å². The van der Waals surface area contributed by atoms with E-state index in [4.69, 9.17) is 5.73 Å². The van der Waals surface area contributed by atoms with Gasteiger partial charge in [0.1, 0.15) is 0 Å². The Bertz CT molecular complexity index is 284. The Hall–Kier alpha value is -0.860. The summed E-state index contributed by atoms with van der Waals surface area (Å²) in [6.07, 6.45) is 4.88. The number of hydrogen-bond acceptors (Lipinski definition) is 2. The summed E-state index contributed by atoms with van der Waals surface area (Å²) >= 11 is 0. The van der Waals surface area contributed by atoms with E-state index in [1.54, 1.807) is 0 Å². The third kappa shape index (κ3) is 3.33. The van der Waals surface area contributed by atoms with E-state index in [0.717, 1.165) is 13.0 Å². The Morgan fingerprint density at radius 3 is 2.73 bits per heavy atom. The molecule has 2 atom stereocenters. The van der Waals surface area contributed by atoms with Crippen molar-refractivity contribution in [2.75, 3.05) is 0 Å². The number of benzene rings is 1. The van der Waals surface area contributed by atoms with E-state index in [-0.39, 0.29) is 0 Å². The van der Waals surface area contributed by atoms with Crippen molar-refractivity contribution < 1.29 is 0 Å². The molecule has 0 unspecified atom stereocenters. The highest BCUT2D eigenvalue weighted by Gasteiger charge is 2.18. The molecule has 1 saturated carbocycles. The van der Waals surface area contributed by atoms with Gasteiger partial charge in [0.05, 0.1) is 0 Å². The van der Waals surface area contributed by atoms with E-state index in [1.165, 1.54) is 24.8 Å². The Balaban J connectivity index is 1.78. The molecule has 0 aliphatic heterocycles. The standard InChI is InChI=1S/C13H20N2/c14-12-7-4-8-13(9-12)15-10-11-5-2-1-3-6-11/h1-3,5-6,12-13,15H,4,7-10,14H2/t12-,13+/m1/s1. The minimum absolute atomic E-state index is 0.409. The van der Waals surface area contributed by atoms with Crippen LogP contribution in [0.3, 0.4) is 0 Å². The molecule has 1 aromatic rings. The summed E-state index contributed by atoms with van der Waals surface area (Å²) in [6, 6.07) is 11.6. The fourth-order valence-electron chi connectivity index (χ4n) is 2.27. The van der Waals surface area contributed by atoms with Gasteiger partial charge in [-0.25, -0.2) is 0 Å². The van der Waals surface area contributed by atoms with Gasteiger partial charge in [-0.1, -0.05) is 36.8 Å². The van der Waals surface area contributed by atoms with Crippen molar-refractivity contribution in [1.82, 2.24) is 5.32 Å². The summed E-state index contributed by atoms with van der Waals surface area (Å²) in [5.74, 6) is 0. The molecule has 0 heterocycles. The zero-order chi connectivity index (χ0) is 10.5. The minimum atomic E-state index is 0.409. The second-order valence-corrected chi connectivity index (χ2v) is 4.49. The molecule has 0 saturated heterocycles. The van der Waals surface area contributed by atoms with Crippen LogP contribution in [0.2, 0.25) is 0 Å². The number of nitrogens with two attached hydrogens (primary N) is 1. The molecule has 1 aliphatic carbocycles. The molecule has 0 amide bonds. The molecule has 2 nitrogen and oxygen atoms in total. The normalized spacial score (nSPS) is 26.5. The van der Waals surface area contributed by atoms with Crippen LogP contribution < -0.4 is 11.1 Å². The van der Waals surface area contributed by atoms with Gasteiger partial charge < -0.3 is 11.1 Å². The Labute approximate surface area is 91.9 Å². The van der Waals surface area contributed by atoms with Gasteiger partial charge in [-0.2, -0.15) is 0 Å². The molecule has 2 rings (SSSR count). The van der Waals surface area contributed by atoms with Crippen LogP contribution in [0.5, 0.6) is 0 Å². The van der Waals surface area contributed by atoms with E-state index in [0.29, 0.717) is 12.1 Å². The first kappa shape index (κ1) is 10.7. The first-order valence-corrected chi connectivity index (χ1v) is 5.87. The third-order valence-corrected chi connectivity index (χ3v) is 3.15. The van der Waals surface area contributed by atoms with Crippen LogP contribution in [-0.2, 0) is 6.54 Å². The van der Waals surface area contributed by atoms with Crippen molar-refractivity contribution in [3.8, 4) is 0 Å². The highest BCUT2D eigenvalue weighted by atomic mass is 14.9. The lowest BCUT2D eigenvalue weighted by molar-refractivity contribution is 0.338. The molecule has 1 fully saturated rings. The average Bonchev–Trinajstić information content (AvgIpc) is 2.28. The molecule has 15 heavy (non-hydrogen) atoms. The van der Waals surface area contributed by atoms with Gasteiger partial charge in [-0.15, -0.1) is 0 Å². The van der Waals surface area contributed by atoms with E-state index in [2.05, 4.69) is 35.6 Å².